The Kier molecular flexibility index (Phi) is 20.0. The van der Waals surface area contributed by atoms with Gasteiger partial charge in [-0.05, 0) is 145 Å². The van der Waals surface area contributed by atoms with Crippen molar-refractivity contribution in [3.63, 3.8) is 0 Å². The third-order valence-electron chi connectivity index (χ3n) is 17.4. The van der Waals surface area contributed by atoms with E-state index in [1.165, 1.54) is 119 Å². The minimum atomic E-state index is -1.36. The molecule has 2 heterocycles. The lowest BCUT2D eigenvalue weighted by Crippen LogP contribution is -2.55. The van der Waals surface area contributed by atoms with Gasteiger partial charge in [0, 0.05) is 94.0 Å². The van der Waals surface area contributed by atoms with Crippen LogP contribution in [0, 0.1) is 45.7 Å². The highest BCUT2D eigenvalue weighted by atomic mass is 19.1. The van der Waals surface area contributed by atoms with Crippen molar-refractivity contribution in [1.82, 2.24) is 25.2 Å². The molecule has 0 amide bonds. The molecule has 0 bridgehead atoms. The maximum atomic E-state index is 15.0. The first kappa shape index (κ1) is 67.6. The van der Waals surface area contributed by atoms with Crippen LogP contribution in [-0.2, 0) is 13.1 Å². The van der Waals surface area contributed by atoms with Crippen LogP contribution in [0.3, 0.4) is 0 Å². The quantitative estimate of drug-likeness (QED) is 0.0327. The van der Waals surface area contributed by atoms with Gasteiger partial charge in [-0.15, -0.1) is 0 Å². The van der Waals surface area contributed by atoms with Gasteiger partial charge in [0.1, 0.15) is 125 Å². The first-order valence-electron chi connectivity index (χ1n) is 33.1. The van der Waals surface area contributed by atoms with Gasteiger partial charge in [-0.2, -0.15) is 30.0 Å². The molecular weight excluding hydrogens is 1320 g/mol. The van der Waals surface area contributed by atoms with E-state index in [0.717, 1.165) is 28.4 Å². The summed E-state index contributed by atoms with van der Waals surface area (Å²) in [6.07, 6.45) is 0. The molecule has 0 atom stereocenters. The average Bonchev–Trinajstić information content (AvgIpc) is 1.59. The van der Waals surface area contributed by atoms with E-state index in [4.69, 9.17) is 48.8 Å². The third kappa shape index (κ3) is 16.2. The summed E-state index contributed by atoms with van der Waals surface area (Å²) in [5.41, 5.74) is 5.41. The van der Waals surface area contributed by atoms with E-state index >= 15 is 26.3 Å². The Labute approximate surface area is 589 Å². The van der Waals surface area contributed by atoms with Gasteiger partial charge in [-0.25, -0.2) is 26.3 Å². The van der Waals surface area contributed by atoms with Crippen LogP contribution in [0.4, 0.5) is 54.8 Å². The maximum absolute atomic E-state index is 15.0. The molecule has 20 heteroatoms. The van der Waals surface area contributed by atoms with Crippen LogP contribution in [0.2, 0.25) is 0 Å². The maximum Gasteiger partial charge on any atom is 0.178 e. The van der Waals surface area contributed by atoms with E-state index in [-0.39, 0.29) is 87.2 Å². The van der Waals surface area contributed by atoms with Crippen molar-refractivity contribution in [2.75, 3.05) is 56.5 Å². The lowest BCUT2D eigenvalue weighted by Gasteiger charge is -2.32. The molecule has 103 heavy (non-hydrogen) atoms. The van der Waals surface area contributed by atoms with Crippen molar-refractivity contribution in [2.45, 2.75) is 13.1 Å². The monoisotopic (exact) mass is 1380 g/mol. The van der Waals surface area contributed by atoms with Crippen LogP contribution in [0.1, 0.15) is 0 Å². The lowest BCUT2D eigenvalue weighted by atomic mass is 9.91. The summed E-state index contributed by atoms with van der Waals surface area (Å²) in [5, 5.41) is 21.8. The smallest absolute Gasteiger partial charge is 0.178 e. The number of rotatable bonds is 29. The molecule has 0 saturated carbocycles. The summed E-state index contributed by atoms with van der Waals surface area (Å²) >= 11 is 0. The summed E-state index contributed by atoms with van der Waals surface area (Å²) in [6, 6.07) is 79.6. The molecule has 0 aliphatic carbocycles. The van der Waals surface area contributed by atoms with Crippen LogP contribution >= 0.6 is 0 Å². The zero-order chi connectivity index (χ0) is 70.7. The van der Waals surface area contributed by atoms with Gasteiger partial charge in [0.2, 0.25) is 0 Å². The fraction of sp³-hybridized carbons (Fsp3) is 0.133. The van der Waals surface area contributed by atoms with Crippen molar-refractivity contribution in [2.24, 2.45) is 10.8 Å². The predicted octanol–water partition coefficient (Wildman–Crippen LogP) is 18.1. The van der Waals surface area contributed by atoms with Crippen molar-refractivity contribution < 1.29 is 59.6 Å². The summed E-state index contributed by atoms with van der Waals surface area (Å²) < 4.78 is 129. The molecule has 12 aromatic carbocycles. The largest absolute Gasteiger partial charge is 0.493 e. The molecule has 0 fully saturated rings. The highest BCUT2D eigenvalue weighted by molar-refractivity contribution is 6.16. The average molecular weight is 1390 g/mol. The predicted molar refractivity (Wildman–Crippen MR) is 383 cm³/mol. The van der Waals surface area contributed by atoms with Crippen molar-refractivity contribution in [3.05, 3.63) is 320 Å². The third-order valence-corrected chi connectivity index (χ3v) is 17.4. The fourth-order valence-corrected chi connectivity index (χ4v) is 12.2. The minimum Gasteiger partial charge on any atom is -0.493 e. The molecule has 0 N–H and O–H groups in total. The summed E-state index contributed by atoms with van der Waals surface area (Å²) in [7, 11) is 1.97. The Bertz CT molecular complexity index is 4720. The summed E-state index contributed by atoms with van der Waals surface area (Å²) in [5.74, 6) is -2.18. The van der Waals surface area contributed by atoms with Crippen molar-refractivity contribution in [1.29, 1.82) is 0 Å². The number of nitrogens with zero attached hydrogens (tertiary/aromatic N) is 8. The normalized spacial score (nSPS) is 11.6. The number of para-hydroxylation sites is 3. The first-order chi connectivity index (χ1) is 50.2. The SMILES string of the molecule is CN(c1ccccc1)c1ccc(-c2c3nn(CC(COc4cccc(F)c4)(COc4cccc(F)c4)COc4cccc(F)c4)nc3c(-c3ccc(N(c4ccccc4)c4ccccc4)cc3)c3n[n+](CC(COc4cccc(F)c4)(COc4cccc(F)c4)COc4cccc(F)c4)[n-]c23)cc1. The van der Waals surface area contributed by atoms with Crippen molar-refractivity contribution >= 4 is 50.5 Å². The van der Waals surface area contributed by atoms with Gasteiger partial charge in [-0.1, -0.05) is 115 Å². The van der Waals surface area contributed by atoms with Gasteiger partial charge in [0.25, 0.3) is 0 Å². The van der Waals surface area contributed by atoms with Crippen LogP contribution in [-0.4, -0.2) is 66.8 Å². The second-order valence-electron chi connectivity index (χ2n) is 25.1. The second-order valence-corrected chi connectivity index (χ2v) is 25.1. The number of fused-ring (bicyclic) bond motifs is 2. The molecule has 0 aliphatic rings. The molecule has 14 aromatic rings. The molecule has 14 nitrogen and oxygen atoms in total. The van der Waals surface area contributed by atoms with Gasteiger partial charge in [-0.3, -0.25) is 0 Å². The van der Waals surface area contributed by atoms with Crippen LogP contribution < -0.4 is 48.1 Å². The van der Waals surface area contributed by atoms with E-state index < -0.39 is 45.7 Å². The Morgan fingerprint density at radius 1 is 0.350 bits per heavy atom. The molecule has 0 aliphatic heterocycles. The first-order valence-corrected chi connectivity index (χ1v) is 33.1. The Hall–Kier alpha value is -12.6. The number of hydrogen-bond acceptors (Lipinski definition) is 11. The lowest BCUT2D eigenvalue weighted by molar-refractivity contribution is -0.814. The number of aromatic nitrogens is 6. The molecule has 0 saturated heterocycles. The topological polar surface area (TPSA) is 123 Å². The molecule has 2 aromatic heterocycles. The van der Waals surface area contributed by atoms with E-state index in [2.05, 4.69) is 9.80 Å². The van der Waals surface area contributed by atoms with Crippen LogP contribution in [0.5, 0.6) is 34.5 Å². The number of anilines is 5. The Balaban J connectivity index is 0.988. The number of hydrogen-bond donors (Lipinski definition) is 0. The van der Waals surface area contributed by atoms with E-state index in [1.807, 2.05) is 147 Å². The van der Waals surface area contributed by atoms with Crippen LogP contribution in [0.15, 0.2) is 285 Å². The van der Waals surface area contributed by atoms with E-state index in [1.54, 1.807) is 36.4 Å². The molecule has 0 spiro atoms. The molecule has 0 unspecified atom stereocenters. The fourth-order valence-electron chi connectivity index (χ4n) is 12.2. The molecule has 0 radical (unpaired) electrons. The van der Waals surface area contributed by atoms with Crippen molar-refractivity contribution in [3.8, 4) is 56.8 Å². The van der Waals surface area contributed by atoms with Gasteiger partial charge < -0.3 is 38.2 Å². The summed E-state index contributed by atoms with van der Waals surface area (Å²) in [4.78, 5) is 7.20. The molecule has 14 rings (SSSR count). The second kappa shape index (κ2) is 30.5. The van der Waals surface area contributed by atoms with Gasteiger partial charge in [0.05, 0.1) is 12.0 Å². The summed E-state index contributed by atoms with van der Waals surface area (Å²) in [6.45, 7) is -1.71. The zero-order valence-corrected chi connectivity index (χ0v) is 55.6. The standard InChI is InChI=1S/C83H66F6N8O6/c1-94(65-23-5-2-6-24-65)66-39-35-57(36-40-66)76-78-80(92-95(90-78)49-82(51-98-70-29-11-17-59(84)43-70,52-99-71-30-12-18-60(85)44-71)53-100-72-31-13-19-61(86)45-72)77(58-37-41-69(42-38-58)97(67-25-7-3-8-26-67)68-27-9-4-10-28-68)81-79(76)91-96(93-81)50-83(54-101-73-32-14-20-62(87)46-73,55-102-74-33-15-21-63(88)47-74)56-103-75-34-16-22-64(89)48-75/h2-48H,49-56H2,1H3. The van der Waals surface area contributed by atoms with Gasteiger partial charge >= 0.3 is 0 Å². The van der Waals surface area contributed by atoms with E-state index in [9.17, 15) is 0 Å². The Morgan fingerprint density at radius 2 is 0.660 bits per heavy atom. The van der Waals surface area contributed by atoms with Gasteiger partial charge in [0.15, 0.2) is 6.54 Å². The Morgan fingerprint density at radius 3 is 1.03 bits per heavy atom. The minimum absolute atomic E-state index is 0.154. The highest BCUT2D eigenvalue weighted by Gasteiger charge is 2.41. The van der Waals surface area contributed by atoms with E-state index in [0.29, 0.717) is 44.3 Å². The number of benzene rings is 12. The number of ether oxygens (including phenoxy) is 6. The zero-order valence-electron chi connectivity index (χ0n) is 55.6. The highest BCUT2D eigenvalue weighted by Crippen LogP contribution is 2.44. The molecular formula is C83H66F6N8O6. The number of halogens is 6. The van der Waals surface area contributed by atoms with Crippen LogP contribution in [0.25, 0.3) is 44.3 Å². The molecule has 516 valence electrons.